The highest BCUT2D eigenvalue weighted by atomic mass is 32.2. The maximum atomic E-state index is 12.6. The molecule has 1 aromatic rings. The molecule has 1 aliphatic rings. The molecule has 2 atom stereocenters. The Bertz CT molecular complexity index is 690. The molecule has 7 nitrogen and oxygen atoms in total. The van der Waals surface area contributed by atoms with Gasteiger partial charge >= 0.3 is 0 Å². The van der Waals surface area contributed by atoms with Crippen LogP contribution in [0.1, 0.15) is 17.3 Å². The number of nitrogens with one attached hydrogen (secondary N) is 2. The summed E-state index contributed by atoms with van der Waals surface area (Å²) in [6.07, 6.45) is 0.988. The minimum atomic E-state index is -3.40. The summed E-state index contributed by atoms with van der Waals surface area (Å²) in [5.41, 5.74) is 0.699. The summed E-state index contributed by atoms with van der Waals surface area (Å²) in [7, 11) is 0.183. The van der Waals surface area contributed by atoms with Crippen LogP contribution in [0.2, 0.25) is 0 Å². The molecule has 0 unspecified atom stereocenters. The topological polar surface area (TPSA) is 87.7 Å². The second-order valence-electron chi connectivity index (χ2n) is 5.96. The van der Waals surface area contributed by atoms with Gasteiger partial charge in [0.15, 0.2) is 0 Å². The second kappa shape index (κ2) is 6.76. The molecule has 1 amide bonds. The van der Waals surface area contributed by atoms with Gasteiger partial charge in [-0.05, 0) is 25.2 Å². The predicted octanol–water partition coefficient (Wildman–Crippen LogP) is 0.747. The largest absolute Gasteiger partial charge is 0.488 e. The van der Waals surface area contributed by atoms with E-state index in [0.29, 0.717) is 30.1 Å². The van der Waals surface area contributed by atoms with Gasteiger partial charge in [-0.25, -0.2) is 8.42 Å². The van der Waals surface area contributed by atoms with Crippen LogP contribution < -0.4 is 14.8 Å². The number of rotatable bonds is 4. The van der Waals surface area contributed by atoms with Crippen LogP contribution in [0.5, 0.6) is 5.75 Å². The van der Waals surface area contributed by atoms with Crippen molar-refractivity contribution in [3.8, 4) is 5.75 Å². The number of amides is 1. The van der Waals surface area contributed by atoms with E-state index < -0.39 is 10.0 Å². The van der Waals surface area contributed by atoms with Gasteiger partial charge in [0, 0.05) is 31.7 Å². The number of carbonyl (C=O) groups excluding carboxylic acids is 1. The first-order valence-electron chi connectivity index (χ1n) is 7.40. The zero-order valence-electron chi connectivity index (χ0n) is 13.8. The third-order valence-corrected chi connectivity index (χ3v) is 4.35. The molecule has 1 aromatic carbocycles. The predicted molar refractivity (Wildman–Crippen MR) is 89.4 cm³/mol. The third-order valence-electron chi connectivity index (χ3n) is 3.74. The highest BCUT2D eigenvalue weighted by molar-refractivity contribution is 7.92. The van der Waals surface area contributed by atoms with E-state index in [1.165, 1.54) is 6.07 Å². The highest BCUT2D eigenvalue weighted by Gasteiger charge is 2.29. The summed E-state index contributed by atoms with van der Waals surface area (Å²) in [5, 5.41) is 3.10. The molecular formula is C15H23N3O4S. The molecule has 0 aromatic heterocycles. The van der Waals surface area contributed by atoms with Gasteiger partial charge in [-0.3, -0.25) is 9.52 Å². The fourth-order valence-corrected chi connectivity index (χ4v) is 3.19. The van der Waals surface area contributed by atoms with Gasteiger partial charge in [0.2, 0.25) is 10.0 Å². The van der Waals surface area contributed by atoms with E-state index in [1.807, 2.05) is 14.0 Å². The molecule has 0 bridgehead atoms. The Morgan fingerprint density at radius 3 is 2.70 bits per heavy atom. The first kappa shape index (κ1) is 17.6. The van der Waals surface area contributed by atoms with Crippen molar-refractivity contribution in [2.45, 2.75) is 13.0 Å². The molecule has 1 heterocycles. The Morgan fingerprint density at radius 1 is 1.39 bits per heavy atom. The molecule has 2 N–H and O–H groups in total. The van der Waals surface area contributed by atoms with E-state index in [9.17, 15) is 13.2 Å². The van der Waals surface area contributed by atoms with Gasteiger partial charge in [0.05, 0.1) is 11.8 Å². The van der Waals surface area contributed by atoms with E-state index in [1.54, 1.807) is 24.1 Å². The van der Waals surface area contributed by atoms with Gasteiger partial charge in [-0.15, -0.1) is 0 Å². The summed E-state index contributed by atoms with van der Waals surface area (Å²) in [5.74, 6) is 0.443. The quantitative estimate of drug-likeness (QED) is 0.844. The van der Waals surface area contributed by atoms with Gasteiger partial charge in [-0.1, -0.05) is 6.92 Å². The minimum Gasteiger partial charge on any atom is -0.488 e. The molecule has 0 radical (unpaired) electrons. The fourth-order valence-electron chi connectivity index (χ4n) is 2.64. The molecule has 23 heavy (non-hydrogen) atoms. The standard InChI is InChI=1S/C15H23N3O4S/c1-10-9-18(3)15(19)12-7-11(17-23(4,20)21)5-6-13(12)22-14(10)8-16-2/h5-7,10,14,16-17H,8-9H2,1-4H3/t10-,14-/m0/s1. The highest BCUT2D eigenvalue weighted by Crippen LogP contribution is 2.29. The minimum absolute atomic E-state index is 0.0805. The maximum Gasteiger partial charge on any atom is 0.257 e. The van der Waals surface area contributed by atoms with Crippen molar-refractivity contribution >= 4 is 21.6 Å². The lowest BCUT2D eigenvalue weighted by molar-refractivity contribution is 0.0637. The number of ether oxygens (including phenoxy) is 1. The third kappa shape index (κ3) is 4.35. The number of hydrogen-bond donors (Lipinski definition) is 2. The lowest BCUT2D eigenvalue weighted by Gasteiger charge is -2.32. The van der Waals surface area contributed by atoms with Crippen LogP contribution in [-0.2, 0) is 10.0 Å². The van der Waals surface area contributed by atoms with Crippen LogP contribution in [-0.4, -0.2) is 58.8 Å². The monoisotopic (exact) mass is 341 g/mol. The van der Waals surface area contributed by atoms with Gasteiger partial charge in [0.1, 0.15) is 11.9 Å². The number of sulfonamides is 1. The molecule has 0 fully saturated rings. The van der Waals surface area contributed by atoms with E-state index in [2.05, 4.69) is 10.0 Å². The van der Waals surface area contributed by atoms with Crippen LogP contribution >= 0.6 is 0 Å². The number of fused-ring (bicyclic) bond motifs is 1. The average molecular weight is 341 g/mol. The molecule has 128 valence electrons. The summed E-state index contributed by atoms with van der Waals surface area (Å²) in [6, 6.07) is 4.74. The van der Waals surface area contributed by atoms with E-state index in [-0.39, 0.29) is 17.9 Å². The molecule has 1 aliphatic heterocycles. The van der Waals surface area contributed by atoms with Gasteiger partial charge in [-0.2, -0.15) is 0 Å². The zero-order chi connectivity index (χ0) is 17.2. The Labute approximate surface area is 137 Å². The number of carbonyl (C=O) groups is 1. The summed E-state index contributed by atoms with van der Waals surface area (Å²) < 4.78 is 31.1. The summed E-state index contributed by atoms with van der Waals surface area (Å²) >= 11 is 0. The first-order chi connectivity index (χ1) is 10.7. The number of likely N-dealkylation sites (N-methyl/N-ethyl adjacent to an activating group) is 1. The molecular weight excluding hydrogens is 318 g/mol. The molecule has 0 aliphatic carbocycles. The van der Waals surface area contributed by atoms with Crippen LogP contribution in [0.4, 0.5) is 5.69 Å². The number of benzene rings is 1. The van der Waals surface area contributed by atoms with Crippen molar-refractivity contribution in [1.82, 2.24) is 10.2 Å². The Balaban J connectivity index is 2.42. The summed E-state index contributed by atoms with van der Waals surface area (Å²) in [4.78, 5) is 14.2. The van der Waals surface area contributed by atoms with Crippen molar-refractivity contribution in [3.63, 3.8) is 0 Å². The lowest BCUT2D eigenvalue weighted by Crippen LogP contribution is -2.44. The number of nitrogens with zero attached hydrogens (tertiary/aromatic N) is 1. The first-order valence-corrected chi connectivity index (χ1v) is 9.29. The van der Waals surface area contributed by atoms with E-state index in [0.717, 1.165) is 6.26 Å². The SMILES string of the molecule is CNC[C@@H]1Oc2ccc(NS(C)(=O)=O)cc2C(=O)N(C)C[C@@H]1C. The van der Waals surface area contributed by atoms with Gasteiger partial charge in [0.25, 0.3) is 5.91 Å². The molecule has 0 spiro atoms. The van der Waals surface area contributed by atoms with Crippen molar-refractivity contribution in [2.24, 2.45) is 5.92 Å². The Hall–Kier alpha value is -1.80. The average Bonchev–Trinajstić information content (AvgIpc) is 2.44. The van der Waals surface area contributed by atoms with E-state index >= 15 is 0 Å². The molecule has 2 rings (SSSR count). The van der Waals surface area contributed by atoms with Gasteiger partial charge < -0.3 is 15.0 Å². The Kier molecular flexibility index (Phi) is 5.16. The van der Waals surface area contributed by atoms with Crippen molar-refractivity contribution in [2.75, 3.05) is 38.2 Å². The maximum absolute atomic E-state index is 12.6. The molecule has 0 saturated heterocycles. The van der Waals surface area contributed by atoms with Crippen LogP contribution in [0.25, 0.3) is 0 Å². The Morgan fingerprint density at radius 2 is 2.09 bits per heavy atom. The molecule has 0 saturated carbocycles. The number of hydrogen-bond acceptors (Lipinski definition) is 5. The fraction of sp³-hybridized carbons (Fsp3) is 0.533. The van der Waals surface area contributed by atoms with Crippen molar-refractivity contribution in [1.29, 1.82) is 0 Å². The smallest absolute Gasteiger partial charge is 0.257 e. The number of anilines is 1. The lowest BCUT2D eigenvalue weighted by atomic mass is 10.0. The zero-order valence-corrected chi connectivity index (χ0v) is 14.6. The van der Waals surface area contributed by atoms with Crippen LogP contribution in [0.3, 0.4) is 0 Å². The summed E-state index contributed by atoms with van der Waals surface area (Å²) in [6.45, 7) is 3.26. The van der Waals surface area contributed by atoms with Crippen LogP contribution in [0.15, 0.2) is 18.2 Å². The van der Waals surface area contributed by atoms with Crippen molar-refractivity contribution < 1.29 is 17.9 Å². The van der Waals surface area contributed by atoms with E-state index in [4.69, 9.17) is 4.74 Å². The molecule has 8 heteroatoms. The van der Waals surface area contributed by atoms with Crippen molar-refractivity contribution in [3.05, 3.63) is 23.8 Å². The normalized spacial score (nSPS) is 21.9. The second-order valence-corrected chi connectivity index (χ2v) is 7.71. The van der Waals surface area contributed by atoms with Crippen LogP contribution in [0, 0.1) is 5.92 Å².